The zero-order chi connectivity index (χ0) is 11.0. The van der Waals surface area contributed by atoms with Gasteiger partial charge >= 0.3 is 0 Å². The highest BCUT2D eigenvalue weighted by atomic mass is 32.2. The topological polar surface area (TPSA) is 24.1 Å². The third kappa shape index (κ3) is 1.97. The average Bonchev–Trinajstić information content (AvgIpc) is 2.23. The molecule has 1 atom stereocenters. The van der Waals surface area contributed by atoms with Crippen LogP contribution in [0.1, 0.15) is 18.0 Å². The van der Waals surface area contributed by atoms with Gasteiger partial charge in [-0.3, -0.25) is 0 Å². The lowest BCUT2D eigenvalue weighted by molar-refractivity contribution is 0.323. The van der Waals surface area contributed by atoms with Gasteiger partial charge in [0.15, 0.2) is 0 Å². The molecule has 1 unspecified atom stereocenters. The van der Waals surface area contributed by atoms with E-state index in [4.69, 9.17) is 0 Å². The summed E-state index contributed by atoms with van der Waals surface area (Å²) >= 11 is 1.83. The molecule has 0 saturated carbocycles. The van der Waals surface area contributed by atoms with Gasteiger partial charge in [0.2, 0.25) is 0 Å². The summed E-state index contributed by atoms with van der Waals surface area (Å²) < 4.78 is 13.3. The first-order chi connectivity index (χ1) is 7.83. The molecule has 4 heteroatoms. The third-order valence-electron chi connectivity index (χ3n) is 3.23. The summed E-state index contributed by atoms with van der Waals surface area (Å²) in [5.41, 5.74) is 1.14. The van der Waals surface area contributed by atoms with Crippen LogP contribution in [0.3, 0.4) is 0 Å². The molecule has 2 nitrogen and oxygen atoms in total. The Morgan fingerprint density at radius 1 is 1.38 bits per heavy atom. The first kappa shape index (κ1) is 10.6. The van der Waals surface area contributed by atoms with Crippen LogP contribution in [0.25, 0.3) is 0 Å². The second-order valence-electron chi connectivity index (χ2n) is 4.39. The molecule has 16 heavy (non-hydrogen) atoms. The fraction of sp³-hybridized carbons (Fsp3) is 0.500. The number of hydrogen-bond donors (Lipinski definition) is 2. The second kappa shape index (κ2) is 4.35. The average molecular weight is 238 g/mol. The number of halogens is 1. The highest BCUT2D eigenvalue weighted by Gasteiger charge is 2.26. The molecule has 2 aliphatic heterocycles. The van der Waals surface area contributed by atoms with E-state index >= 15 is 0 Å². The predicted octanol–water partition coefficient (Wildman–Crippen LogP) is 1.92. The van der Waals surface area contributed by atoms with Gasteiger partial charge in [-0.1, -0.05) is 0 Å². The molecule has 0 aliphatic carbocycles. The number of rotatable bonds is 2. The van der Waals surface area contributed by atoms with Crippen molar-refractivity contribution in [3.05, 3.63) is 29.6 Å². The Labute approximate surface area is 99.0 Å². The number of benzene rings is 1. The maximum Gasteiger partial charge on any atom is 0.123 e. The van der Waals surface area contributed by atoms with Crippen molar-refractivity contribution in [1.29, 1.82) is 0 Å². The molecule has 2 aliphatic rings. The van der Waals surface area contributed by atoms with Crippen LogP contribution in [0, 0.1) is 5.82 Å². The largest absolute Gasteiger partial charge is 0.314 e. The Balaban J connectivity index is 1.83. The van der Waals surface area contributed by atoms with Crippen molar-refractivity contribution >= 4 is 11.8 Å². The molecule has 0 amide bonds. The highest BCUT2D eigenvalue weighted by Crippen LogP contribution is 2.36. The van der Waals surface area contributed by atoms with Crippen molar-refractivity contribution in [2.24, 2.45) is 0 Å². The van der Waals surface area contributed by atoms with Gasteiger partial charge in [0, 0.05) is 30.1 Å². The van der Waals surface area contributed by atoms with Crippen LogP contribution in [0.5, 0.6) is 0 Å². The fourth-order valence-electron chi connectivity index (χ4n) is 2.23. The van der Waals surface area contributed by atoms with Crippen molar-refractivity contribution in [3.8, 4) is 0 Å². The minimum absolute atomic E-state index is 0.125. The van der Waals surface area contributed by atoms with Crippen LogP contribution in [0.15, 0.2) is 23.1 Å². The molecule has 2 N–H and O–H groups in total. The van der Waals surface area contributed by atoms with Crippen LogP contribution < -0.4 is 10.6 Å². The SMILES string of the molecule is Fc1ccc2c(c1)C(NC1CNC1)CCS2. The summed E-state index contributed by atoms with van der Waals surface area (Å²) in [6.45, 7) is 2.07. The molecule has 1 aromatic rings. The van der Waals surface area contributed by atoms with Crippen molar-refractivity contribution in [2.75, 3.05) is 18.8 Å². The predicted molar refractivity (Wildman–Crippen MR) is 64.3 cm³/mol. The number of thioether (sulfide) groups is 1. The van der Waals surface area contributed by atoms with E-state index in [2.05, 4.69) is 10.6 Å². The van der Waals surface area contributed by atoms with Gasteiger partial charge in [0.05, 0.1) is 0 Å². The molecule has 0 aromatic heterocycles. The zero-order valence-corrected chi connectivity index (χ0v) is 9.82. The van der Waals surface area contributed by atoms with Gasteiger partial charge in [-0.25, -0.2) is 4.39 Å². The Morgan fingerprint density at radius 3 is 3.00 bits per heavy atom. The van der Waals surface area contributed by atoms with Crippen molar-refractivity contribution in [2.45, 2.75) is 23.4 Å². The Kier molecular flexibility index (Phi) is 2.88. The molecule has 1 fully saturated rings. The number of fused-ring (bicyclic) bond motifs is 1. The lowest BCUT2D eigenvalue weighted by Crippen LogP contribution is -2.56. The van der Waals surface area contributed by atoms with Gasteiger partial charge in [0.1, 0.15) is 5.82 Å². The lowest BCUT2D eigenvalue weighted by Gasteiger charge is -2.35. The minimum atomic E-state index is -0.125. The summed E-state index contributed by atoms with van der Waals surface area (Å²) in [6, 6.07) is 6.04. The molecule has 0 bridgehead atoms. The maximum absolute atomic E-state index is 13.3. The molecule has 0 spiro atoms. The molecule has 0 radical (unpaired) electrons. The lowest BCUT2D eigenvalue weighted by atomic mass is 10.0. The summed E-state index contributed by atoms with van der Waals surface area (Å²) in [7, 11) is 0. The van der Waals surface area contributed by atoms with E-state index in [0.717, 1.165) is 30.8 Å². The number of nitrogens with one attached hydrogen (secondary N) is 2. The summed E-state index contributed by atoms with van der Waals surface area (Å²) in [5, 5.41) is 6.84. The Morgan fingerprint density at radius 2 is 2.25 bits per heavy atom. The zero-order valence-electron chi connectivity index (χ0n) is 9.00. The van der Waals surface area contributed by atoms with E-state index in [1.54, 1.807) is 12.1 Å². The van der Waals surface area contributed by atoms with E-state index < -0.39 is 0 Å². The highest BCUT2D eigenvalue weighted by molar-refractivity contribution is 7.99. The fourth-order valence-corrected chi connectivity index (χ4v) is 3.34. The maximum atomic E-state index is 13.3. The smallest absolute Gasteiger partial charge is 0.123 e. The van der Waals surface area contributed by atoms with Gasteiger partial charge in [-0.15, -0.1) is 11.8 Å². The Hall–Kier alpha value is -0.580. The third-order valence-corrected chi connectivity index (χ3v) is 4.35. The molecular formula is C12H15FN2S. The summed E-state index contributed by atoms with van der Waals surface area (Å²) in [5.74, 6) is 0.996. The first-order valence-electron chi connectivity index (χ1n) is 5.72. The second-order valence-corrected chi connectivity index (χ2v) is 5.53. The monoisotopic (exact) mass is 238 g/mol. The van der Waals surface area contributed by atoms with Crippen LogP contribution in [-0.2, 0) is 0 Å². The van der Waals surface area contributed by atoms with E-state index in [0.29, 0.717) is 12.1 Å². The minimum Gasteiger partial charge on any atom is -0.314 e. The molecule has 2 heterocycles. The quantitative estimate of drug-likeness (QED) is 0.823. The molecular weight excluding hydrogens is 223 g/mol. The van der Waals surface area contributed by atoms with E-state index in [9.17, 15) is 4.39 Å². The molecule has 3 rings (SSSR count). The van der Waals surface area contributed by atoms with Crippen LogP contribution in [0.2, 0.25) is 0 Å². The first-order valence-corrected chi connectivity index (χ1v) is 6.70. The molecule has 1 saturated heterocycles. The van der Waals surface area contributed by atoms with E-state index in [-0.39, 0.29) is 5.82 Å². The Bertz CT molecular complexity index is 393. The van der Waals surface area contributed by atoms with Crippen LogP contribution >= 0.6 is 11.8 Å². The number of hydrogen-bond acceptors (Lipinski definition) is 3. The summed E-state index contributed by atoms with van der Waals surface area (Å²) in [4.78, 5) is 1.23. The van der Waals surface area contributed by atoms with E-state index in [1.807, 2.05) is 17.8 Å². The molecule has 1 aromatic carbocycles. The van der Waals surface area contributed by atoms with Crippen LogP contribution in [-0.4, -0.2) is 24.9 Å². The summed E-state index contributed by atoms with van der Waals surface area (Å²) in [6.07, 6.45) is 1.09. The van der Waals surface area contributed by atoms with Gasteiger partial charge in [-0.05, 0) is 35.9 Å². The molecule has 86 valence electrons. The van der Waals surface area contributed by atoms with Crippen molar-refractivity contribution in [1.82, 2.24) is 10.6 Å². The van der Waals surface area contributed by atoms with E-state index in [1.165, 1.54) is 4.90 Å². The standard InChI is InChI=1S/C12H15FN2S/c13-8-1-2-12-10(5-8)11(3-4-16-12)15-9-6-14-7-9/h1-2,5,9,11,14-15H,3-4,6-7H2. The van der Waals surface area contributed by atoms with Crippen molar-refractivity contribution in [3.63, 3.8) is 0 Å². The van der Waals surface area contributed by atoms with Crippen molar-refractivity contribution < 1.29 is 4.39 Å². The van der Waals surface area contributed by atoms with Crippen LogP contribution in [0.4, 0.5) is 4.39 Å². The van der Waals surface area contributed by atoms with Gasteiger partial charge in [-0.2, -0.15) is 0 Å². The normalized spacial score (nSPS) is 24.9. The van der Waals surface area contributed by atoms with Gasteiger partial charge < -0.3 is 10.6 Å². The van der Waals surface area contributed by atoms with Gasteiger partial charge in [0.25, 0.3) is 0 Å².